The molecule has 1 aliphatic heterocycles. The number of hydrogen-bond donors (Lipinski definition) is 1. The van der Waals surface area contributed by atoms with Crippen LogP contribution in [0.2, 0.25) is 0 Å². The number of benzene rings is 1. The predicted octanol–water partition coefficient (Wildman–Crippen LogP) is 2.26. The molecule has 2 unspecified atom stereocenters. The number of rotatable bonds is 5. The van der Waals surface area contributed by atoms with E-state index in [-0.39, 0.29) is 0 Å². The van der Waals surface area contributed by atoms with Crippen LogP contribution in [0.15, 0.2) is 30.3 Å². The number of nitrogens with one attached hydrogen (secondary N) is 1. The van der Waals surface area contributed by atoms with E-state index in [4.69, 9.17) is 0 Å². The van der Waals surface area contributed by atoms with E-state index < -0.39 is 0 Å². The molecular formula is C14H22N2. The normalized spacial score (nSPS) is 22.8. The molecule has 0 bridgehead atoms. The first-order chi connectivity index (χ1) is 7.85. The maximum atomic E-state index is 3.43. The molecule has 1 aromatic rings. The second-order valence-corrected chi connectivity index (χ2v) is 4.62. The summed E-state index contributed by atoms with van der Waals surface area (Å²) >= 11 is 0. The number of nitrogens with zero attached hydrogens (tertiary/aromatic N) is 1. The van der Waals surface area contributed by atoms with Gasteiger partial charge in [0.15, 0.2) is 0 Å². The van der Waals surface area contributed by atoms with Crippen molar-refractivity contribution in [2.24, 2.45) is 0 Å². The highest BCUT2D eigenvalue weighted by Gasteiger charge is 2.32. The Bertz CT molecular complexity index is 306. The molecule has 1 saturated heterocycles. The largest absolute Gasteiger partial charge is 0.315 e. The van der Waals surface area contributed by atoms with Crippen LogP contribution in [-0.4, -0.2) is 30.6 Å². The monoisotopic (exact) mass is 218 g/mol. The van der Waals surface area contributed by atoms with Crippen LogP contribution >= 0.6 is 0 Å². The molecule has 0 saturated carbocycles. The van der Waals surface area contributed by atoms with Crippen molar-refractivity contribution in [3.05, 3.63) is 35.9 Å². The van der Waals surface area contributed by atoms with Crippen molar-refractivity contribution in [1.82, 2.24) is 10.2 Å². The van der Waals surface area contributed by atoms with E-state index in [1.54, 1.807) is 0 Å². The van der Waals surface area contributed by atoms with Gasteiger partial charge in [0.25, 0.3) is 0 Å². The van der Waals surface area contributed by atoms with E-state index in [1.165, 1.54) is 24.9 Å². The van der Waals surface area contributed by atoms with Gasteiger partial charge in [0.05, 0.1) is 0 Å². The Morgan fingerprint density at radius 2 is 2.12 bits per heavy atom. The molecule has 1 heterocycles. The lowest BCUT2D eigenvalue weighted by molar-refractivity contribution is 0.0526. The van der Waals surface area contributed by atoms with Gasteiger partial charge >= 0.3 is 0 Å². The average Bonchev–Trinajstić information content (AvgIpc) is 2.32. The lowest BCUT2D eigenvalue weighted by Crippen LogP contribution is -2.57. The van der Waals surface area contributed by atoms with Crippen LogP contribution in [0.4, 0.5) is 0 Å². The molecule has 1 N–H and O–H groups in total. The molecule has 16 heavy (non-hydrogen) atoms. The zero-order valence-electron chi connectivity index (χ0n) is 10.3. The summed E-state index contributed by atoms with van der Waals surface area (Å²) in [6.07, 6.45) is 2.55. The molecule has 2 atom stereocenters. The Hall–Kier alpha value is -0.860. The molecule has 88 valence electrons. The number of hydrogen-bond acceptors (Lipinski definition) is 2. The van der Waals surface area contributed by atoms with E-state index in [0.717, 1.165) is 12.6 Å². The summed E-state index contributed by atoms with van der Waals surface area (Å²) in [4.78, 5) is 2.58. The van der Waals surface area contributed by atoms with E-state index in [2.05, 4.69) is 54.5 Å². The maximum Gasteiger partial charge on any atom is 0.0264 e. The molecular weight excluding hydrogens is 196 g/mol. The van der Waals surface area contributed by atoms with Crippen LogP contribution in [0.3, 0.4) is 0 Å². The third-order valence-corrected chi connectivity index (χ3v) is 3.68. The minimum Gasteiger partial charge on any atom is -0.315 e. The minimum atomic E-state index is 0.650. The summed E-state index contributed by atoms with van der Waals surface area (Å²) in [6, 6.07) is 12.1. The molecule has 2 nitrogen and oxygen atoms in total. The molecule has 0 aromatic heterocycles. The van der Waals surface area contributed by atoms with Gasteiger partial charge in [-0.25, -0.2) is 0 Å². The molecule has 0 aliphatic carbocycles. The first-order valence-electron chi connectivity index (χ1n) is 6.30. The fourth-order valence-electron chi connectivity index (χ4n) is 2.60. The fraction of sp³-hybridized carbons (Fsp3) is 0.571. The topological polar surface area (TPSA) is 15.3 Å². The first kappa shape index (κ1) is 11.6. The Kier molecular flexibility index (Phi) is 3.97. The molecule has 1 aromatic carbocycles. The maximum absolute atomic E-state index is 3.43. The second-order valence-electron chi connectivity index (χ2n) is 4.62. The van der Waals surface area contributed by atoms with E-state index in [0.29, 0.717) is 6.04 Å². The highest BCUT2D eigenvalue weighted by molar-refractivity contribution is 5.15. The van der Waals surface area contributed by atoms with Gasteiger partial charge in [-0.2, -0.15) is 0 Å². The van der Waals surface area contributed by atoms with Gasteiger partial charge in [0, 0.05) is 25.2 Å². The van der Waals surface area contributed by atoms with Gasteiger partial charge < -0.3 is 5.32 Å². The smallest absolute Gasteiger partial charge is 0.0264 e. The summed E-state index contributed by atoms with van der Waals surface area (Å²) in [5.74, 6) is 0. The van der Waals surface area contributed by atoms with Crippen molar-refractivity contribution in [3.63, 3.8) is 0 Å². The molecule has 0 amide bonds. The molecule has 2 rings (SSSR count). The van der Waals surface area contributed by atoms with Crippen LogP contribution < -0.4 is 5.32 Å². The van der Waals surface area contributed by atoms with Crippen LogP contribution in [0.25, 0.3) is 0 Å². The minimum absolute atomic E-state index is 0.650. The molecule has 0 radical (unpaired) electrons. The van der Waals surface area contributed by atoms with Crippen LogP contribution in [0.1, 0.15) is 25.3 Å². The number of likely N-dealkylation sites (tertiary alicyclic amines) is 1. The van der Waals surface area contributed by atoms with E-state index in [9.17, 15) is 0 Å². The van der Waals surface area contributed by atoms with E-state index in [1.807, 2.05) is 0 Å². The lowest BCUT2D eigenvalue weighted by Gasteiger charge is -2.45. The third-order valence-electron chi connectivity index (χ3n) is 3.68. The highest BCUT2D eigenvalue weighted by atomic mass is 15.2. The Balaban J connectivity index is 1.92. The van der Waals surface area contributed by atoms with Gasteiger partial charge in [0.1, 0.15) is 0 Å². The van der Waals surface area contributed by atoms with Gasteiger partial charge in [0.2, 0.25) is 0 Å². The summed E-state index contributed by atoms with van der Waals surface area (Å²) < 4.78 is 0. The third kappa shape index (κ3) is 2.45. The summed E-state index contributed by atoms with van der Waals surface area (Å²) in [6.45, 7) is 4.61. The lowest BCUT2D eigenvalue weighted by atomic mass is 9.92. The van der Waals surface area contributed by atoms with Crippen molar-refractivity contribution in [2.75, 3.05) is 13.6 Å². The quantitative estimate of drug-likeness (QED) is 0.815. The average molecular weight is 218 g/mol. The molecule has 1 aliphatic rings. The van der Waals surface area contributed by atoms with Gasteiger partial charge in [-0.05, 0) is 25.5 Å². The fourth-order valence-corrected chi connectivity index (χ4v) is 2.60. The van der Waals surface area contributed by atoms with Crippen LogP contribution in [0.5, 0.6) is 0 Å². The zero-order chi connectivity index (χ0) is 11.4. The van der Waals surface area contributed by atoms with Crippen molar-refractivity contribution >= 4 is 0 Å². The Morgan fingerprint density at radius 1 is 1.38 bits per heavy atom. The molecule has 0 spiro atoms. The molecule has 1 fully saturated rings. The van der Waals surface area contributed by atoms with Crippen molar-refractivity contribution in [1.29, 1.82) is 0 Å². The van der Waals surface area contributed by atoms with Crippen LogP contribution in [-0.2, 0) is 6.54 Å². The van der Waals surface area contributed by atoms with Crippen molar-refractivity contribution in [3.8, 4) is 0 Å². The van der Waals surface area contributed by atoms with Gasteiger partial charge in [-0.15, -0.1) is 0 Å². The Morgan fingerprint density at radius 3 is 2.62 bits per heavy atom. The second kappa shape index (κ2) is 5.46. The summed E-state index contributed by atoms with van der Waals surface area (Å²) in [7, 11) is 2.08. The van der Waals surface area contributed by atoms with Gasteiger partial charge in [-0.3, -0.25) is 4.90 Å². The standard InChI is InChI=1S/C14H22N2/c1-3-13(15-2)14-9-10-16(14)11-12-7-5-4-6-8-12/h4-8,13-15H,3,9-11H2,1-2H3. The predicted molar refractivity (Wildman–Crippen MR) is 68.4 cm³/mol. The summed E-state index contributed by atoms with van der Waals surface area (Å²) in [5, 5.41) is 3.43. The number of likely N-dealkylation sites (N-methyl/N-ethyl adjacent to an activating group) is 1. The highest BCUT2D eigenvalue weighted by Crippen LogP contribution is 2.24. The molecule has 2 heteroatoms. The van der Waals surface area contributed by atoms with Crippen LogP contribution in [0, 0.1) is 0 Å². The van der Waals surface area contributed by atoms with Gasteiger partial charge in [-0.1, -0.05) is 37.3 Å². The Labute approximate surface area is 98.7 Å². The zero-order valence-corrected chi connectivity index (χ0v) is 10.3. The van der Waals surface area contributed by atoms with E-state index >= 15 is 0 Å². The SMILES string of the molecule is CCC(NC)C1CCN1Cc1ccccc1. The first-order valence-corrected chi connectivity index (χ1v) is 6.30. The summed E-state index contributed by atoms with van der Waals surface area (Å²) in [5.41, 5.74) is 1.43. The van der Waals surface area contributed by atoms with Crippen molar-refractivity contribution < 1.29 is 0 Å². The van der Waals surface area contributed by atoms with Crippen molar-refractivity contribution in [2.45, 2.75) is 38.4 Å².